The summed E-state index contributed by atoms with van der Waals surface area (Å²) in [5.74, 6) is -0.569. The predicted molar refractivity (Wildman–Crippen MR) is 81.5 cm³/mol. The number of hydrogen-bond acceptors (Lipinski definition) is 4. The third-order valence-corrected chi connectivity index (χ3v) is 3.04. The molecule has 0 aliphatic carbocycles. The van der Waals surface area contributed by atoms with Crippen LogP contribution in [0.3, 0.4) is 0 Å². The molecule has 0 bridgehead atoms. The first-order valence-corrected chi connectivity index (χ1v) is 6.69. The Morgan fingerprint density at radius 1 is 1.26 bits per heavy atom. The normalized spacial score (nSPS) is 11.6. The van der Waals surface area contributed by atoms with Gasteiger partial charge in [-0.15, -0.1) is 0 Å². The van der Waals surface area contributed by atoms with Crippen LogP contribution >= 0.6 is 0 Å². The van der Waals surface area contributed by atoms with Crippen LogP contribution in [0.1, 0.15) is 11.7 Å². The summed E-state index contributed by atoms with van der Waals surface area (Å²) in [7, 11) is 0. The number of nitro benzene ring substituents is 1. The van der Waals surface area contributed by atoms with E-state index in [4.69, 9.17) is 0 Å². The summed E-state index contributed by atoms with van der Waals surface area (Å²) in [4.78, 5) is 21.8. The first-order chi connectivity index (χ1) is 11.0. The molecule has 3 N–H and O–H groups in total. The summed E-state index contributed by atoms with van der Waals surface area (Å²) in [6, 6.07) is 10.4. The summed E-state index contributed by atoms with van der Waals surface area (Å²) < 4.78 is 13.5. The van der Waals surface area contributed by atoms with E-state index in [0.29, 0.717) is 0 Å². The van der Waals surface area contributed by atoms with Crippen molar-refractivity contribution in [1.29, 1.82) is 0 Å². The number of carbonyl (C=O) groups is 1. The highest BCUT2D eigenvalue weighted by atomic mass is 19.1. The fraction of sp³-hybridized carbons (Fsp3) is 0.133. The van der Waals surface area contributed by atoms with Gasteiger partial charge in [0.1, 0.15) is 5.82 Å². The average molecular weight is 319 g/mol. The lowest BCUT2D eigenvalue weighted by molar-refractivity contribution is -0.384. The molecule has 8 heteroatoms. The molecule has 2 aromatic rings. The molecule has 0 fully saturated rings. The minimum atomic E-state index is -1.20. The number of nitro groups is 1. The van der Waals surface area contributed by atoms with E-state index >= 15 is 0 Å². The Hall–Kier alpha value is -3.00. The smallest absolute Gasteiger partial charge is 0.319 e. The second kappa shape index (κ2) is 7.32. The van der Waals surface area contributed by atoms with Gasteiger partial charge in [0.05, 0.1) is 11.0 Å². The first-order valence-electron chi connectivity index (χ1n) is 6.69. The summed E-state index contributed by atoms with van der Waals surface area (Å²) >= 11 is 0. The van der Waals surface area contributed by atoms with E-state index in [1.807, 2.05) is 0 Å². The number of rotatable bonds is 5. The molecule has 0 unspecified atom stereocenters. The Kier molecular flexibility index (Phi) is 5.21. The molecular formula is C15H14FN3O4. The number of amides is 2. The summed E-state index contributed by atoms with van der Waals surface area (Å²) in [6.45, 7) is -0.207. The van der Waals surface area contributed by atoms with E-state index in [2.05, 4.69) is 10.6 Å². The van der Waals surface area contributed by atoms with Crippen LogP contribution in [0.5, 0.6) is 0 Å². The zero-order valence-electron chi connectivity index (χ0n) is 11.9. The van der Waals surface area contributed by atoms with Gasteiger partial charge in [0.25, 0.3) is 5.69 Å². The maximum atomic E-state index is 13.5. The monoisotopic (exact) mass is 319 g/mol. The van der Waals surface area contributed by atoms with Crippen molar-refractivity contribution in [3.63, 3.8) is 0 Å². The number of urea groups is 1. The number of hydrogen-bond donors (Lipinski definition) is 3. The predicted octanol–water partition coefficient (Wildman–Crippen LogP) is 2.59. The lowest BCUT2D eigenvalue weighted by atomic mass is 10.1. The molecule has 23 heavy (non-hydrogen) atoms. The number of nitrogens with zero attached hydrogens (tertiary/aromatic N) is 1. The van der Waals surface area contributed by atoms with Crippen LogP contribution in [-0.2, 0) is 0 Å². The molecule has 2 rings (SSSR count). The molecule has 0 saturated carbocycles. The molecular weight excluding hydrogens is 305 g/mol. The van der Waals surface area contributed by atoms with E-state index in [1.54, 1.807) is 6.07 Å². The molecule has 0 radical (unpaired) electrons. The van der Waals surface area contributed by atoms with E-state index in [0.717, 1.165) is 0 Å². The maximum absolute atomic E-state index is 13.5. The molecule has 7 nitrogen and oxygen atoms in total. The van der Waals surface area contributed by atoms with Crippen molar-refractivity contribution in [2.45, 2.75) is 6.10 Å². The van der Waals surface area contributed by atoms with Crippen LogP contribution < -0.4 is 10.6 Å². The average Bonchev–Trinajstić information content (AvgIpc) is 2.53. The summed E-state index contributed by atoms with van der Waals surface area (Å²) in [6.07, 6.45) is -1.20. The number of non-ortho nitro benzene ring substituents is 1. The van der Waals surface area contributed by atoms with Crippen molar-refractivity contribution in [2.75, 3.05) is 11.9 Å². The molecule has 0 spiro atoms. The molecule has 0 aromatic heterocycles. The minimum absolute atomic E-state index is 0.0724. The van der Waals surface area contributed by atoms with Crippen LogP contribution in [0.25, 0.3) is 0 Å². The fourth-order valence-electron chi connectivity index (χ4n) is 1.92. The van der Waals surface area contributed by atoms with Gasteiger partial charge in [-0.05, 0) is 12.1 Å². The number of aliphatic hydroxyl groups excluding tert-OH is 1. The third kappa shape index (κ3) is 4.48. The molecule has 0 saturated heterocycles. The lowest BCUT2D eigenvalue weighted by Crippen LogP contribution is -2.32. The van der Waals surface area contributed by atoms with Crippen molar-refractivity contribution in [3.8, 4) is 0 Å². The van der Waals surface area contributed by atoms with Gasteiger partial charge in [0.15, 0.2) is 0 Å². The van der Waals surface area contributed by atoms with Gasteiger partial charge in [0, 0.05) is 29.9 Å². The van der Waals surface area contributed by atoms with Gasteiger partial charge in [0.2, 0.25) is 0 Å². The Bertz CT molecular complexity index is 723. The molecule has 2 aromatic carbocycles. The fourth-order valence-corrected chi connectivity index (χ4v) is 1.92. The van der Waals surface area contributed by atoms with E-state index in [-0.39, 0.29) is 23.5 Å². The van der Waals surface area contributed by atoms with E-state index in [1.165, 1.54) is 42.5 Å². The third-order valence-electron chi connectivity index (χ3n) is 3.04. The van der Waals surface area contributed by atoms with Gasteiger partial charge in [-0.2, -0.15) is 0 Å². The lowest BCUT2D eigenvalue weighted by Gasteiger charge is -2.13. The molecule has 1 atom stereocenters. The first kappa shape index (κ1) is 16.4. The van der Waals surface area contributed by atoms with E-state index < -0.39 is 22.9 Å². The topological polar surface area (TPSA) is 104 Å². The molecule has 0 aliphatic heterocycles. The highest BCUT2D eigenvalue weighted by molar-refractivity contribution is 5.89. The van der Waals surface area contributed by atoms with Gasteiger partial charge in [-0.25, -0.2) is 9.18 Å². The van der Waals surface area contributed by atoms with Crippen LogP contribution in [0.4, 0.5) is 20.6 Å². The summed E-state index contributed by atoms with van der Waals surface area (Å²) in [5, 5.41) is 25.3. The van der Waals surface area contributed by atoms with Crippen molar-refractivity contribution in [2.24, 2.45) is 0 Å². The summed E-state index contributed by atoms with van der Waals surface area (Å²) in [5.41, 5.74) is 0.148. The largest absolute Gasteiger partial charge is 0.386 e. The van der Waals surface area contributed by atoms with Crippen LogP contribution in [0, 0.1) is 15.9 Å². The molecule has 0 heterocycles. The molecule has 0 aliphatic rings. The highest BCUT2D eigenvalue weighted by Gasteiger charge is 2.14. The van der Waals surface area contributed by atoms with Gasteiger partial charge >= 0.3 is 6.03 Å². The van der Waals surface area contributed by atoms with Crippen LogP contribution in [-0.4, -0.2) is 22.6 Å². The number of benzene rings is 2. The minimum Gasteiger partial charge on any atom is -0.386 e. The zero-order valence-corrected chi connectivity index (χ0v) is 11.9. The maximum Gasteiger partial charge on any atom is 0.319 e. The van der Waals surface area contributed by atoms with Crippen LogP contribution in [0.2, 0.25) is 0 Å². The van der Waals surface area contributed by atoms with Gasteiger partial charge in [-0.1, -0.05) is 24.3 Å². The number of halogens is 1. The van der Waals surface area contributed by atoms with Gasteiger partial charge < -0.3 is 15.7 Å². The Labute approximate surface area is 130 Å². The van der Waals surface area contributed by atoms with Crippen molar-refractivity contribution in [1.82, 2.24) is 5.32 Å². The van der Waals surface area contributed by atoms with Crippen LogP contribution in [0.15, 0.2) is 48.5 Å². The SMILES string of the molecule is O=C(NC[C@H](O)c1ccccc1F)Nc1cccc([N+](=O)[O-])c1. The van der Waals surface area contributed by atoms with E-state index in [9.17, 15) is 24.4 Å². The van der Waals surface area contributed by atoms with Crippen molar-refractivity contribution in [3.05, 3.63) is 70.0 Å². The second-order valence-corrected chi connectivity index (χ2v) is 4.68. The highest BCUT2D eigenvalue weighted by Crippen LogP contribution is 2.17. The molecule has 120 valence electrons. The number of nitrogens with one attached hydrogen (secondary N) is 2. The van der Waals surface area contributed by atoms with Crippen molar-refractivity contribution >= 4 is 17.4 Å². The van der Waals surface area contributed by atoms with Gasteiger partial charge in [-0.3, -0.25) is 10.1 Å². The number of carbonyl (C=O) groups excluding carboxylic acids is 1. The number of aliphatic hydroxyl groups is 1. The second-order valence-electron chi connectivity index (χ2n) is 4.68. The molecule has 2 amide bonds. The Balaban J connectivity index is 1.91. The Morgan fingerprint density at radius 3 is 2.70 bits per heavy atom. The zero-order chi connectivity index (χ0) is 16.8. The quantitative estimate of drug-likeness (QED) is 0.582. The standard InChI is InChI=1S/C15H14FN3O4/c16-13-7-2-1-6-12(13)14(20)9-17-15(21)18-10-4-3-5-11(8-10)19(22)23/h1-8,14,20H,9H2,(H2,17,18,21)/t14-/m0/s1. The number of anilines is 1. The Morgan fingerprint density at radius 2 is 2.00 bits per heavy atom. The van der Waals surface area contributed by atoms with Crippen molar-refractivity contribution < 1.29 is 19.2 Å².